The second-order valence-electron chi connectivity index (χ2n) is 4.93. The Morgan fingerprint density at radius 1 is 1.37 bits per heavy atom. The van der Waals surface area contributed by atoms with Gasteiger partial charge in [0.2, 0.25) is 0 Å². The maximum atomic E-state index is 12.1. The van der Waals surface area contributed by atoms with Crippen molar-refractivity contribution in [3.05, 3.63) is 34.3 Å². The van der Waals surface area contributed by atoms with Crippen LogP contribution in [0.2, 0.25) is 5.02 Å². The zero-order valence-electron chi connectivity index (χ0n) is 11.2. The maximum absolute atomic E-state index is 12.1. The average molecular weight is 284 g/mol. The van der Waals surface area contributed by atoms with Crippen molar-refractivity contribution in [2.24, 2.45) is 5.92 Å². The van der Waals surface area contributed by atoms with Gasteiger partial charge < -0.3 is 10.4 Å². The molecule has 0 heterocycles. The monoisotopic (exact) mass is 283 g/mol. The molecule has 0 spiro atoms. The van der Waals surface area contributed by atoms with E-state index in [2.05, 4.69) is 5.32 Å². The molecule has 0 saturated heterocycles. The molecule has 5 heteroatoms. The molecule has 0 radical (unpaired) electrons. The van der Waals surface area contributed by atoms with Gasteiger partial charge in [-0.1, -0.05) is 37.6 Å². The Morgan fingerprint density at radius 2 is 2.00 bits per heavy atom. The van der Waals surface area contributed by atoms with Gasteiger partial charge in [-0.2, -0.15) is 0 Å². The Kier molecular flexibility index (Phi) is 5.36. The van der Waals surface area contributed by atoms with Gasteiger partial charge in [-0.3, -0.25) is 4.79 Å². The molecule has 2 N–H and O–H groups in total. The third-order valence-corrected chi connectivity index (χ3v) is 3.25. The largest absolute Gasteiger partial charge is 0.480 e. The van der Waals surface area contributed by atoms with Crippen LogP contribution < -0.4 is 5.32 Å². The van der Waals surface area contributed by atoms with Crippen LogP contribution in [0.15, 0.2) is 18.2 Å². The summed E-state index contributed by atoms with van der Waals surface area (Å²) in [6.07, 6.45) is 0.379. The number of aryl methyl sites for hydroxylation is 1. The Balaban J connectivity index is 2.88. The van der Waals surface area contributed by atoms with Crippen LogP contribution in [-0.2, 0) is 4.79 Å². The van der Waals surface area contributed by atoms with Gasteiger partial charge in [0.1, 0.15) is 6.04 Å². The van der Waals surface area contributed by atoms with E-state index in [1.807, 2.05) is 13.8 Å². The first-order chi connectivity index (χ1) is 8.82. The number of halogens is 1. The normalized spacial score (nSPS) is 12.3. The minimum Gasteiger partial charge on any atom is -0.480 e. The zero-order chi connectivity index (χ0) is 14.6. The molecule has 1 aromatic rings. The van der Waals surface area contributed by atoms with Crippen LogP contribution >= 0.6 is 11.6 Å². The van der Waals surface area contributed by atoms with Gasteiger partial charge in [-0.25, -0.2) is 4.79 Å². The summed E-state index contributed by atoms with van der Waals surface area (Å²) in [7, 11) is 0. The van der Waals surface area contributed by atoms with E-state index < -0.39 is 17.9 Å². The van der Waals surface area contributed by atoms with E-state index in [0.29, 0.717) is 17.0 Å². The fourth-order valence-electron chi connectivity index (χ4n) is 1.75. The quantitative estimate of drug-likeness (QED) is 0.873. The molecule has 1 atom stereocenters. The number of hydrogen-bond donors (Lipinski definition) is 2. The molecule has 0 fully saturated rings. The number of carbonyl (C=O) groups is 2. The van der Waals surface area contributed by atoms with Crippen LogP contribution in [0.4, 0.5) is 0 Å². The molecular formula is C14H18ClNO3. The molecule has 1 rings (SSSR count). The number of carboxylic acids is 1. The van der Waals surface area contributed by atoms with Crippen LogP contribution in [0.5, 0.6) is 0 Å². The summed E-state index contributed by atoms with van der Waals surface area (Å²) < 4.78 is 0. The Bertz CT molecular complexity index is 486. The summed E-state index contributed by atoms with van der Waals surface area (Å²) >= 11 is 6.05. The third-order valence-electron chi connectivity index (χ3n) is 2.75. The molecule has 1 aromatic carbocycles. The first-order valence-corrected chi connectivity index (χ1v) is 6.49. The van der Waals surface area contributed by atoms with Gasteiger partial charge in [0.25, 0.3) is 5.91 Å². The van der Waals surface area contributed by atoms with Crippen LogP contribution in [0.3, 0.4) is 0 Å². The molecular weight excluding hydrogens is 266 g/mol. The summed E-state index contributed by atoms with van der Waals surface area (Å²) in [6, 6.07) is 4.19. The number of carbonyl (C=O) groups excluding carboxylic acids is 1. The molecule has 0 aliphatic rings. The highest BCUT2D eigenvalue weighted by Crippen LogP contribution is 2.20. The molecule has 0 aromatic heterocycles. The van der Waals surface area contributed by atoms with E-state index in [1.165, 1.54) is 0 Å². The van der Waals surface area contributed by atoms with Gasteiger partial charge in [-0.15, -0.1) is 0 Å². The second-order valence-corrected chi connectivity index (χ2v) is 5.31. The molecule has 0 bridgehead atoms. The zero-order valence-corrected chi connectivity index (χ0v) is 12.0. The van der Waals surface area contributed by atoms with Gasteiger partial charge in [0.15, 0.2) is 0 Å². The molecule has 0 aliphatic heterocycles. The number of benzene rings is 1. The van der Waals surface area contributed by atoms with Crippen LogP contribution in [0, 0.1) is 12.8 Å². The lowest BCUT2D eigenvalue weighted by Gasteiger charge is -2.17. The lowest BCUT2D eigenvalue weighted by atomic mass is 10.0. The predicted molar refractivity (Wildman–Crippen MR) is 74.5 cm³/mol. The van der Waals surface area contributed by atoms with Crippen LogP contribution in [-0.4, -0.2) is 23.0 Å². The number of aliphatic carboxylic acids is 1. The number of carboxylic acid groups (broad SMARTS) is 1. The minimum atomic E-state index is -1.04. The minimum absolute atomic E-state index is 0.175. The first-order valence-electron chi connectivity index (χ1n) is 6.11. The van der Waals surface area contributed by atoms with Crippen molar-refractivity contribution in [1.29, 1.82) is 0 Å². The Labute approximate surface area is 117 Å². The smallest absolute Gasteiger partial charge is 0.326 e. The number of hydrogen-bond acceptors (Lipinski definition) is 2. The summed E-state index contributed by atoms with van der Waals surface area (Å²) in [5.41, 5.74) is 1.08. The molecule has 1 amide bonds. The lowest BCUT2D eigenvalue weighted by Crippen LogP contribution is -2.41. The molecule has 0 saturated carbocycles. The van der Waals surface area contributed by atoms with E-state index in [4.69, 9.17) is 16.7 Å². The van der Waals surface area contributed by atoms with E-state index in [9.17, 15) is 9.59 Å². The Morgan fingerprint density at radius 3 is 2.53 bits per heavy atom. The van der Waals surface area contributed by atoms with Gasteiger partial charge in [0, 0.05) is 0 Å². The summed E-state index contributed by atoms with van der Waals surface area (Å²) in [5.74, 6) is -1.32. The highest BCUT2D eigenvalue weighted by atomic mass is 35.5. The van der Waals surface area contributed by atoms with Crippen molar-refractivity contribution >= 4 is 23.5 Å². The van der Waals surface area contributed by atoms with Crippen LogP contribution in [0.1, 0.15) is 36.2 Å². The molecule has 104 valence electrons. The van der Waals surface area contributed by atoms with Crippen LogP contribution in [0.25, 0.3) is 0 Å². The van der Waals surface area contributed by atoms with E-state index in [1.54, 1.807) is 25.1 Å². The van der Waals surface area contributed by atoms with Gasteiger partial charge in [0.05, 0.1) is 10.6 Å². The maximum Gasteiger partial charge on any atom is 0.326 e. The Hall–Kier alpha value is -1.55. The fraction of sp³-hybridized carbons (Fsp3) is 0.429. The predicted octanol–water partition coefficient (Wildman–Crippen LogP) is 2.88. The van der Waals surface area contributed by atoms with E-state index in [-0.39, 0.29) is 5.92 Å². The SMILES string of the molecule is Cc1cccc(C(=O)NC(CC(C)C)C(=O)O)c1Cl. The third kappa shape index (κ3) is 4.24. The van der Waals surface area contributed by atoms with Gasteiger partial charge >= 0.3 is 5.97 Å². The van der Waals surface area contributed by atoms with Crippen molar-refractivity contribution in [2.75, 3.05) is 0 Å². The van der Waals surface area contributed by atoms with Crippen molar-refractivity contribution in [2.45, 2.75) is 33.2 Å². The lowest BCUT2D eigenvalue weighted by molar-refractivity contribution is -0.139. The average Bonchev–Trinajstić information content (AvgIpc) is 2.31. The highest BCUT2D eigenvalue weighted by Gasteiger charge is 2.22. The summed E-state index contributed by atoms with van der Waals surface area (Å²) in [5, 5.41) is 12.0. The number of nitrogens with one attached hydrogen (secondary N) is 1. The molecule has 0 aliphatic carbocycles. The van der Waals surface area contributed by atoms with Crippen molar-refractivity contribution in [1.82, 2.24) is 5.32 Å². The summed E-state index contributed by atoms with van der Waals surface area (Å²) in [6.45, 7) is 5.60. The molecule has 19 heavy (non-hydrogen) atoms. The second kappa shape index (κ2) is 6.57. The standard InChI is InChI=1S/C14H18ClNO3/c1-8(2)7-11(14(18)19)16-13(17)10-6-4-5-9(3)12(10)15/h4-6,8,11H,7H2,1-3H3,(H,16,17)(H,18,19). The first kappa shape index (κ1) is 15.5. The fourth-order valence-corrected chi connectivity index (χ4v) is 1.96. The van der Waals surface area contributed by atoms with Crippen molar-refractivity contribution in [3.8, 4) is 0 Å². The van der Waals surface area contributed by atoms with Crippen molar-refractivity contribution in [3.63, 3.8) is 0 Å². The highest BCUT2D eigenvalue weighted by molar-refractivity contribution is 6.34. The van der Waals surface area contributed by atoms with E-state index in [0.717, 1.165) is 5.56 Å². The topological polar surface area (TPSA) is 66.4 Å². The number of amides is 1. The molecule has 1 unspecified atom stereocenters. The summed E-state index contributed by atoms with van der Waals surface area (Å²) in [4.78, 5) is 23.2. The van der Waals surface area contributed by atoms with Crippen molar-refractivity contribution < 1.29 is 14.7 Å². The molecule has 4 nitrogen and oxygen atoms in total. The van der Waals surface area contributed by atoms with Gasteiger partial charge in [-0.05, 0) is 30.9 Å². The van der Waals surface area contributed by atoms with E-state index >= 15 is 0 Å². The number of rotatable bonds is 5.